The van der Waals surface area contributed by atoms with Crippen LogP contribution in [0.25, 0.3) is 0 Å². The third-order valence-corrected chi connectivity index (χ3v) is 7.08. The highest BCUT2D eigenvalue weighted by Gasteiger charge is 2.30. The maximum atomic E-state index is 13.4. The number of ether oxygens (including phenoxy) is 1. The Morgan fingerprint density at radius 3 is 2.31 bits per heavy atom. The van der Waals surface area contributed by atoms with E-state index in [-0.39, 0.29) is 30.4 Å². The van der Waals surface area contributed by atoms with Gasteiger partial charge in [-0.1, -0.05) is 76.4 Å². The van der Waals surface area contributed by atoms with Gasteiger partial charge in [-0.2, -0.15) is 0 Å². The van der Waals surface area contributed by atoms with Crippen LogP contribution in [0.2, 0.25) is 10.0 Å². The summed E-state index contributed by atoms with van der Waals surface area (Å²) in [5.41, 5.74) is 1.73. The van der Waals surface area contributed by atoms with Gasteiger partial charge in [-0.05, 0) is 64.0 Å². The van der Waals surface area contributed by atoms with Crippen LogP contribution in [0.3, 0.4) is 0 Å². The molecule has 2 amide bonds. The zero-order valence-electron chi connectivity index (χ0n) is 21.1. The monoisotopic (exact) mass is 584 g/mol. The molecule has 35 heavy (non-hydrogen) atoms. The van der Waals surface area contributed by atoms with E-state index in [0.717, 1.165) is 22.9 Å². The molecule has 1 N–H and O–H groups in total. The van der Waals surface area contributed by atoms with E-state index in [1.807, 2.05) is 25.1 Å². The van der Waals surface area contributed by atoms with Crippen molar-refractivity contribution in [3.63, 3.8) is 0 Å². The Morgan fingerprint density at radius 2 is 1.77 bits per heavy atom. The Balaban J connectivity index is 2.27. The van der Waals surface area contributed by atoms with Crippen LogP contribution in [0.15, 0.2) is 40.9 Å². The van der Waals surface area contributed by atoms with Crippen LogP contribution < -0.4 is 10.1 Å². The maximum absolute atomic E-state index is 13.4. The topological polar surface area (TPSA) is 58.6 Å². The predicted octanol–water partition coefficient (Wildman–Crippen LogP) is 7.16. The van der Waals surface area contributed by atoms with Crippen molar-refractivity contribution >= 4 is 50.9 Å². The number of hydrogen-bond acceptors (Lipinski definition) is 3. The second-order valence-electron chi connectivity index (χ2n) is 9.47. The van der Waals surface area contributed by atoms with Crippen molar-refractivity contribution in [1.82, 2.24) is 10.2 Å². The molecule has 0 fully saturated rings. The van der Waals surface area contributed by atoms with Gasteiger partial charge in [0.05, 0.1) is 4.47 Å². The maximum Gasteiger partial charge on any atom is 0.261 e. The average Bonchev–Trinajstić information content (AvgIpc) is 2.79. The predicted molar refractivity (Wildman–Crippen MR) is 147 cm³/mol. The van der Waals surface area contributed by atoms with Crippen molar-refractivity contribution in [3.05, 3.63) is 62.0 Å². The van der Waals surface area contributed by atoms with Crippen molar-refractivity contribution in [2.75, 3.05) is 13.2 Å². The van der Waals surface area contributed by atoms with Crippen molar-refractivity contribution in [3.8, 4) is 5.75 Å². The molecule has 1 atom stereocenters. The number of benzene rings is 2. The molecule has 8 heteroatoms. The number of unbranched alkanes of at least 4 members (excludes halogenated alkanes) is 1. The molecule has 1 unspecified atom stereocenters. The molecule has 0 heterocycles. The van der Waals surface area contributed by atoms with Crippen molar-refractivity contribution in [2.24, 2.45) is 0 Å². The Kier molecular flexibility index (Phi) is 11.4. The number of halogens is 3. The van der Waals surface area contributed by atoms with Gasteiger partial charge < -0.3 is 15.0 Å². The molecule has 0 saturated heterocycles. The molecule has 2 rings (SSSR count). The summed E-state index contributed by atoms with van der Waals surface area (Å²) in [5, 5.41) is 3.83. The molecule has 5 nitrogen and oxygen atoms in total. The van der Waals surface area contributed by atoms with E-state index in [0.29, 0.717) is 34.3 Å². The van der Waals surface area contributed by atoms with Gasteiger partial charge in [-0.25, -0.2) is 0 Å². The van der Waals surface area contributed by atoms with Gasteiger partial charge in [0.25, 0.3) is 5.91 Å². The molecular weight excluding hydrogens is 551 g/mol. The van der Waals surface area contributed by atoms with Crippen LogP contribution in [0.5, 0.6) is 5.75 Å². The summed E-state index contributed by atoms with van der Waals surface area (Å²) in [7, 11) is 0. The van der Waals surface area contributed by atoms with E-state index < -0.39 is 6.04 Å². The largest absolute Gasteiger partial charge is 0.483 e. The first-order valence-corrected chi connectivity index (χ1v) is 13.5. The fourth-order valence-electron chi connectivity index (χ4n) is 3.59. The van der Waals surface area contributed by atoms with Crippen LogP contribution in [0.1, 0.15) is 65.0 Å². The van der Waals surface area contributed by atoms with Crippen molar-refractivity contribution in [2.45, 2.75) is 71.9 Å². The first-order valence-electron chi connectivity index (χ1n) is 11.9. The highest BCUT2D eigenvalue weighted by Crippen LogP contribution is 2.32. The highest BCUT2D eigenvalue weighted by atomic mass is 79.9. The standard InChI is InChI=1S/C27H35BrCl2N2O3/c1-6-8-14-31-26(34)23(7-2)32(16-19-21(29)10-9-11-22(19)30)25(33)17-35-24-13-12-18(15-20(24)28)27(3,4)5/h9-13,15,23H,6-8,14,16-17H2,1-5H3,(H,31,34). The molecule has 2 aromatic rings. The zero-order valence-corrected chi connectivity index (χ0v) is 24.2. The smallest absolute Gasteiger partial charge is 0.261 e. The van der Waals surface area contributed by atoms with Gasteiger partial charge >= 0.3 is 0 Å². The summed E-state index contributed by atoms with van der Waals surface area (Å²) < 4.78 is 6.65. The van der Waals surface area contributed by atoms with E-state index in [9.17, 15) is 9.59 Å². The molecule has 0 aliphatic carbocycles. The summed E-state index contributed by atoms with van der Waals surface area (Å²) in [6, 6.07) is 10.3. The van der Waals surface area contributed by atoms with Crippen LogP contribution in [-0.2, 0) is 21.5 Å². The minimum absolute atomic E-state index is 0.0125. The Morgan fingerprint density at radius 1 is 1.11 bits per heavy atom. The normalized spacial score (nSPS) is 12.2. The van der Waals surface area contributed by atoms with Gasteiger partial charge in [-0.15, -0.1) is 0 Å². The minimum Gasteiger partial charge on any atom is -0.483 e. The molecule has 0 spiro atoms. The summed E-state index contributed by atoms with van der Waals surface area (Å²) in [6.45, 7) is 10.8. The minimum atomic E-state index is -0.679. The van der Waals surface area contributed by atoms with Crippen molar-refractivity contribution < 1.29 is 14.3 Å². The number of nitrogens with zero attached hydrogens (tertiary/aromatic N) is 1. The first kappa shape index (κ1) is 29.5. The van der Waals surface area contributed by atoms with Crippen LogP contribution in [0.4, 0.5) is 0 Å². The third-order valence-electron chi connectivity index (χ3n) is 5.75. The first-order chi connectivity index (χ1) is 16.5. The van der Waals surface area contributed by atoms with E-state index in [1.54, 1.807) is 18.2 Å². The zero-order chi connectivity index (χ0) is 26.2. The SMILES string of the molecule is CCCCNC(=O)C(CC)N(Cc1c(Cl)cccc1Cl)C(=O)COc1ccc(C(C)(C)C)cc1Br. The molecule has 0 bridgehead atoms. The highest BCUT2D eigenvalue weighted by molar-refractivity contribution is 9.10. The quantitative estimate of drug-likeness (QED) is 0.285. The number of amides is 2. The second-order valence-corrected chi connectivity index (χ2v) is 11.1. The van der Waals surface area contributed by atoms with Gasteiger partial charge in [0.1, 0.15) is 11.8 Å². The van der Waals surface area contributed by atoms with Crippen LogP contribution >= 0.6 is 39.1 Å². The number of carbonyl (C=O) groups is 2. The molecule has 2 aromatic carbocycles. The van der Waals surface area contributed by atoms with E-state index in [2.05, 4.69) is 48.9 Å². The summed E-state index contributed by atoms with van der Waals surface area (Å²) >= 11 is 16.3. The molecule has 0 radical (unpaired) electrons. The lowest BCUT2D eigenvalue weighted by Crippen LogP contribution is -2.50. The Bertz CT molecular complexity index is 1000. The fraction of sp³-hybridized carbons (Fsp3) is 0.481. The van der Waals surface area contributed by atoms with E-state index >= 15 is 0 Å². The van der Waals surface area contributed by atoms with Crippen molar-refractivity contribution in [1.29, 1.82) is 0 Å². The lowest BCUT2D eigenvalue weighted by molar-refractivity contribution is -0.143. The van der Waals surface area contributed by atoms with Crippen LogP contribution in [-0.4, -0.2) is 35.9 Å². The lowest BCUT2D eigenvalue weighted by atomic mass is 9.87. The van der Waals surface area contributed by atoms with E-state index in [4.69, 9.17) is 27.9 Å². The summed E-state index contributed by atoms with van der Waals surface area (Å²) in [6.07, 6.45) is 2.27. The molecule has 0 aliphatic heterocycles. The fourth-order valence-corrected chi connectivity index (χ4v) is 4.60. The van der Waals surface area contributed by atoms with Gasteiger partial charge in [0, 0.05) is 28.7 Å². The lowest BCUT2D eigenvalue weighted by Gasteiger charge is -2.31. The van der Waals surface area contributed by atoms with Gasteiger partial charge in [0.15, 0.2) is 6.61 Å². The number of hydrogen-bond donors (Lipinski definition) is 1. The van der Waals surface area contributed by atoms with Gasteiger partial charge in [0.2, 0.25) is 5.91 Å². The number of rotatable bonds is 11. The number of nitrogens with one attached hydrogen (secondary N) is 1. The molecule has 0 aliphatic rings. The van der Waals surface area contributed by atoms with Gasteiger partial charge in [-0.3, -0.25) is 9.59 Å². The molecule has 0 aromatic heterocycles. The second kappa shape index (κ2) is 13.5. The third kappa shape index (κ3) is 8.40. The average molecular weight is 586 g/mol. The van der Waals surface area contributed by atoms with Crippen LogP contribution in [0, 0.1) is 0 Å². The summed E-state index contributed by atoms with van der Waals surface area (Å²) in [4.78, 5) is 27.9. The molecular formula is C27H35BrCl2N2O3. The van der Waals surface area contributed by atoms with E-state index in [1.165, 1.54) is 4.90 Å². The molecule has 0 saturated carbocycles. The summed E-state index contributed by atoms with van der Waals surface area (Å²) in [5.74, 6) is 0.0287. The number of carbonyl (C=O) groups excluding carboxylic acids is 2. The Hall–Kier alpha value is -1.76. The Labute approximate surface area is 227 Å². The molecule has 192 valence electrons.